The quantitative estimate of drug-likeness (QED) is 0.893. The molecule has 0 fully saturated rings. The maximum absolute atomic E-state index is 11.5. The predicted octanol–water partition coefficient (Wildman–Crippen LogP) is 3.53. The second-order valence-corrected chi connectivity index (χ2v) is 5.18. The fourth-order valence-electron chi connectivity index (χ4n) is 2.21. The number of Topliss-reactive ketones (excluding diaryl/α,β-unsaturated/α-hetero) is 1. The van der Waals surface area contributed by atoms with Gasteiger partial charge in [0.25, 0.3) is 0 Å². The standard InChI is InChI=1S/C16H21NO3/c1-10(2)20-16-9-12(5-8-15(16)19-4)17-13-6-7-14(18)11(13)3/h5,8-10,17H,6-7H2,1-4H3. The summed E-state index contributed by atoms with van der Waals surface area (Å²) in [6, 6.07) is 5.70. The summed E-state index contributed by atoms with van der Waals surface area (Å²) in [7, 11) is 1.62. The highest BCUT2D eigenvalue weighted by atomic mass is 16.5. The first-order valence-electron chi connectivity index (χ1n) is 6.86. The van der Waals surface area contributed by atoms with Crippen molar-refractivity contribution in [3.05, 3.63) is 29.5 Å². The van der Waals surface area contributed by atoms with Crippen LogP contribution in [-0.4, -0.2) is 19.0 Å². The molecule has 4 nitrogen and oxygen atoms in total. The van der Waals surface area contributed by atoms with Gasteiger partial charge in [0, 0.05) is 29.4 Å². The van der Waals surface area contributed by atoms with E-state index in [-0.39, 0.29) is 11.9 Å². The summed E-state index contributed by atoms with van der Waals surface area (Å²) >= 11 is 0. The number of methoxy groups -OCH3 is 1. The zero-order chi connectivity index (χ0) is 14.7. The second-order valence-electron chi connectivity index (χ2n) is 5.18. The molecular formula is C16H21NO3. The summed E-state index contributed by atoms with van der Waals surface area (Å²) in [6.45, 7) is 5.82. The topological polar surface area (TPSA) is 47.6 Å². The van der Waals surface area contributed by atoms with Crippen LogP contribution >= 0.6 is 0 Å². The molecule has 0 bridgehead atoms. The summed E-state index contributed by atoms with van der Waals surface area (Å²) in [5.41, 5.74) is 2.73. The average Bonchev–Trinajstić information content (AvgIpc) is 2.70. The van der Waals surface area contributed by atoms with E-state index in [2.05, 4.69) is 5.32 Å². The van der Waals surface area contributed by atoms with Crippen molar-refractivity contribution in [2.75, 3.05) is 12.4 Å². The van der Waals surface area contributed by atoms with Crippen LogP contribution < -0.4 is 14.8 Å². The van der Waals surface area contributed by atoms with E-state index < -0.39 is 0 Å². The maximum atomic E-state index is 11.5. The van der Waals surface area contributed by atoms with Gasteiger partial charge in [-0.25, -0.2) is 0 Å². The number of ether oxygens (including phenoxy) is 2. The highest BCUT2D eigenvalue weighted by molar-refractivity contribution is 5.98. The molecule has 0 atom stereocenters. The number of carbonyl (C=O) groups excluding carboxylic acids is 1. The lowest BCUT2D eigenvalue weighted by atomic mass is 10.2. The van der Waals surface area contributed by atoms with E-state index in [9.17, 15) is 4.79 Å². The minimum Gasteiger partial charge on any atom is -0.493 e. The Hall–Kier alpha value is -1.97. The third-order valence-electron chi connectivity index (χ3n) is 3.29. The molecular weight excluding hydrogens is 254 g/mol. The van der Waals surface area contributed by atoms with E-state index in [0.29, 0.717) is 17.9 Å². The number of carbonyl (C=O) groups is 1. The highest BCUT2D eigenvalue weighted by Crippen LogP contribution is 2.33. The first-order valence-corrected chi connectivity index (χ1v) is 6.86. The molecule has 0 unspecified atom stereocenters. The number of rotatable bonds is 5. The maximum Gasteiger partial charge on any atom is 0.163 e. The van der Waals surface area contributed by atoms with Crippen molar-refractivity contribution in [3.8, 4) is 11.5 Å². The van der Waals surface area contributed by atoms with Crippen LogP contribution in [0.1, 0.15) is 33.6 Å². The van der Waals surface area contributed by atoms with Crippen molar-refractivity contribution in [3.63, 3.8) is 0 Å². The van der Waals surface area contributed by atoms with Gasteiger partial charge in [-0.05, 0) is 39.3 Å². The van der Waals surface area contributed by atoms with E-state index in [1.54, 1.807) is 7.11 Å². The van der Waals surface area contributed by atoms with Gasteiger partial charge >= 0.3 is 0 Å². The number of benzene rings is 1. The Balaban J connectivity index is 2.23. The van der Waals surface area contributed by atoms with Gasteiger partial charge in [-0.3, -0.25) is 4.79 Å². The minimum absolute atomic E-state index is 0.0770. The van der Waals surface area contributed by atoms with Gasteiger partial charge < -0.3 is 14.8 Å². The third kappa shape index (κ3) is 3.13. The Kier molecular flexibility index (Phi) is 4.32. The van der Waals surface area contributed by atoms with Gasteiger partial charge in [0.2, 0.25) is 0 Å². The monoisotopic (exact) mass is 275 g/mol. The SMILES string of the molecule is COc1ccc(NC2=C(C)C(=O)CC2)cc1OC(C)C. The molecule has 1 aliphatic carbocycles. The molecule has 0 heterocycles. The van der Waals surface area contributed by atoms with Crippen LogP contribution in [0, 0.1) is 0 Å². The molecule has 1 aromatic rings. The smallest absolute Gasteiger partial charge is 0.163 e. The van der Waals surface area contributed by atoms with Gasteiger partial charge in [-0.15, -0.1) is 0 Å². The van der Waals surface area contributed by atoms with Crippen LogP contribution in [-0.2, 0) is 4.79 Å². The highest BCUT2D eigenvalue weighted by Gasteiger charge is 2.19. The molecule has 1 aromatic carbocycles. The number of hydrogen-bond donors (Lipinski definition) is 1. The molecule has 0 spiro atoms. The average molecular weight is 275 g/mol. The van der Waals surface area contributed by atoms with E-state index in [0.717, 1.165) is 23.4 Å². The number of allylic oxidation sites excluding steroid dienone is 2. The van der Waals surface area contributed by atoms with Crippen molar-refractivity contribution in [1.29, 1.82) is 0 Å². The van der Waals surface area contributed by atoms with Crippen molar-refractivity contribution < 1.29 is 14.3 Å². The summed E-state index contributed by atoms with van der Waals surface area (Å²) in [5.74, 6) is 1.63. The molecule has 0 saturated carbocycles. The largest absolute Gasteiger partial charge is 0.493 e. The van der Waals surface area contributed by atoms with Crippen LogP contribution in [0.5, 0.6) is 11.5 Å². The number of anilines is 1. The lowest BCUT2D eigenvalue weighted by Gasteiger charge is -2.16. The van der Waals surface area contributed by atoms with Crippen molar-refractivity contribution in [2.45, 2.75) is 39.7 Å². The molecule has 0 saturated heterocycles. The Labute approximate surface area is 119 Å². The van der Waals surface area contributed by atoms with Crippen molar-refractivity contribution in [2.24, 2.45) is 0 Å². The fraction of sp³-hybridized carbons (Fsp3) is 0.438. The molecule has 20 heavy (non-hydrogen) atoms. The zero-order valence-electron chi connectivity index (χ0n) is 12.4. The Morgan fingerprint density at radius 1 is 1.20 bits per heavy atom. The van der Waals surface area contributed by atoms with Crippen LogP contribution in [0.4, 0.5) is 5.69 Å². The predicted molar refractivity (Wildman–Crippen MR) is 79.3 cm³/mol. The lowest BCUT2D eigenvalue weighted by Crippen LogP contribution is -2.07. The summed E-state index contributed by atoms with van der Waals surface area (Å²) in [6.07, 6.45) is 1.45. The van der Waals surface area contributed by atoms with Crippen molar-refractivity contribution in [1.82, 2.24) is 0 Å². The van der Waals surface area contributed by atoms with Crippen LogP contribution in [0.3, 0.4) is 0 Å². The van der Waals surface area contributed by atoms with Crippen LogP contribution in [0.2, 0.25) is 0 Å². The first-order chi connectivity index (χ1) is 9.51. The van der Waals surface area contributed by atoms with Gasteiger partial charge in [-0.1, -0.05) is 0 Å². The molecule has 0 amide bonds. The molecule has 1 N–H and O–H groups in total. The Morgan fingerprint density at radius 2 is 1.95 bits per heavy atom. The first kappa shape index (κ1) is 14.4. The number of ketones is 1. The molecule has 0 radical (unpaired) electrons. The second kappa shape index (κ2) is 5.99. The summed E-state index contributed by atoms with van der Waals surface area (Å²) in [5, 5.41) is 3.31. The molecule has 108 valence electrons. The minimum atomic E-state index is 0.0770. The van der Waals surface area contributed by atoms with Gasteiger partial charge in [0.15, 0.2) is 17.3 Å². The fourth-order valence-corrected chi connectivity index (χ4v) is 2.21. The van der Waals surface area contributed by atoms with E-state index in [4.69, 9.17) is 9.47 Å². The van der Waals surface area contributed by atoms with Crippen molar-refractivity contribution >= 4 is 11.5 Å². The number of hydrogen-bond acceptors (Lipinski definition) is 4. The molecule has 2 rings (SSSR count). The Morgan fingerprint density at radius 3 is 2.50 bits per heavy atom. The van der Waals surface area contributed by atoms with E-state index in [1.807, 2.05) is 39.0 Å². The normalized spacial score (nSPS) is 14.9. The third-order valence-corrected chi connectivity index (χ3v) is 3.29. The summed E-state index contributed by atoms with van der Waals surface area (Å²) in [4.78, 5) is 11.5. The lowest BCUT2D eigenvalue weighted by molar-refractivity contribution is -0.114. The van der Waals surface area contributed by atoms with Gasteiger partial charge in [0.1, 0.15) is 0 Å². The molecule has 0 aliphatic heterocycles. The molecule has 0 aromatic heterocycles. The van der Waals surface area contributed by atoms with Gasteiger partial charge in [0.05, 0.1) is 13.2 Å². The summed E-state index contributed by atoms with van der Waals surface area (Å²) < 4.78 is 11.0. The van der Waals surface area contributed by atoms with Crippen LogP contribution in [0.25, 0.3) is 0 Å². The van der Waals surface area contributed by atoms with Gasteiger partial charge in [-0.2, -0.15) is 0 Å². The Bertz CT molecular complexity index is 547. The molecule has 4 heteroatoms. The van der Waals surface area contributed by atoms with E-state index in [1.165, 1.54) is 0 Å². The van der Waals surface area contributed by atoms with E-state index >= 15 is 0 Å². The molecule has 1 aliphatic rings. The number of nitrogens with one attached hydrogen (secondary N) is 1. The van der Waals surface area contributed by atoms with Crippen LogP contribution in [0.15, 0.2) is 29.5 Å². The zero-order valence-corrected chi connectivity index (χ0v) is 12.4.